The van der Waals surface area contributed by atoms with Gasteiger partial charge in [-0.3, -0.25) is 4.79 Å². The Bertz CT molecular complexity index is 534. The Hall–Kier alpha value is -1.17. The summed E-state index contributed by atoms with van der Waals surface area (Å²) < 4.78 is 0. The van der Waals surface area contributed by atoms with Crippen LogP contribution in [0.5, 0.6) is 0 Å². The van der Waals surface area contributed by atoms with Gasteiger partial charge in [0.25, 0.3) is 5.91 Å². The number of aliphatic hydroxyl groups excluding tert-OH is 1. The van der Waals surface area contributed by atoms with Crippen LogP contribution < -0.4 is 5.32 Å². The summed E-state index contributed by atoms with van der Waals surface area (Å²) >= 11 is 3.18. The molecule has 0 saturated heterocycles. The van der Waals surface area contributed by atoms with Crippen LogP contribution in [0.15, 0.2) is 29.0 Å². The lowest BCUT2D eigenvalue weighted by Crippen LogP contribution is -2.25. The van der Waals surface area contributed by atoms with Crippen LogP contribution in [0.1, 0.15) is 38.9 Å². The van der Waals surface area contributed by atoms with E-state index >= 15 is 0 Å². The Kier molecular flexibility index (Phi) is 5.76. The van der Waals surface area contributed by atoms with Crippen molar-refractivity contribution in [3.8, 4) is 0 Å². The summed E-state index contributed by atoms with van der Waals surface area (Å²) in [5, 5.41) is 16.1. The standard InChI is InChI=1S/C15H19NO2S2/c1-11-9-14(20-10-11)15(18)16-6-4-12(5-7-17)13-3-2-8-19-13/h2-3,8-10,12,17H,4-7H2,1H3,(H,16,18). The lowest BCUT2D eigenvalue weighted by molar-refractivity contribution is 0.0956. The Labute approximate surface area is 127 Å². The van der Waals surface area contributed by atoms with Gasteiger partial charge in [-0.25, -0.2) is 0 Å². The first-order valence-electron chi connectivity index (χ1n) is 6.68. The second kappa shape index (κ2) is 7.57. The number of carbonyl (C=O) groups is 1. The lowest BCUT2D eigenvalue weighted by atomic mass is 10.00. The predicted octanol–water partition coefficient (Wildman–Crippen LogP) is 3.40. The lowest BCUT2D eigenvalue weighted by Gasteiger charge is -2.14. The second-order valence-electron chi connectivity index (χ2n) is 4.76. The molecular weight excluding hydrogens is 290 g/mol. The molecule has 0 aromatic carbocycles. The van der Waals surface area contributed by atoms with Gasteiger partial charge in [0.05, 0.1) is 4.88 Å². The average molecular weight is 309 g/mol. The topological polar surface area (TPSA) is 49.3 Å². The van der Waals surface area contributed by atoms with Crippen LogP contribution in [0.2, 0.25) is 0 Å². The van der Waals surface area contributed by atoms with Crippen molar-refractivity contribution in [2.75, 3.05) is 13.2 Å². The molecule has 2 heterocycles. The highest BCUT2D eigenvalue weighted by atomic mass is 32.1. The summed E-state index contributed by atoms with van der Waals surface area (Å²) in [6.07, 6.45) is 1.60. The van der Waals surface area contributed by atoms with Crippen LogP contribution in [0, 0.1) is 6.92 Å². The van der Waals surface area contributed by atoms with Crippen molar-refractivity contribution in [3.05, 3.63) is 44.3 Å². The molecule has 1 unspecified atom stereocenters. The molecule has 5 heteroatoms. The number of hydrogen-bond acceptors (Lipinski definition) is 4. The van der Waals surface area contributed by atoms with Gasteiger partial charge in [-0.15, -0.1) is 22.7 Å². The molecule has 0 fully saturated rings. The highest BCUT2D eigenvalue weighted by Crippen LogP contribution is 2.26. The number of aliphatic hydroxyl groups is 1. The number of thiophene rings is 2. The van der Waals surface area contributed by atoms with E-state index in [2.05, 4.69) is 11.4 Å². The Morgan fingerprint density at radius 2 is 2.25 bits per heavy atom. The summed E-state index contributed by atoms with van der Waals surface area (Å²) in [7, 11) is 0. The third kappa shape index (κ3) is 4.16. The van der Waals surface area contributed by atoms with Crippen LogP contribution in [-0.4, -0.2) is 24.2 Å². The molecule has 1 atom stereocenters. The van der Waals surface area contributed by atoms with Gasteiger partial charge in [0.1, 0.15) is 0 Å². The van der Waals surface area contributed by atoms with Crippen LogP contribution in [-0.2, 0) is 0 Å². The molecule has 2 aromatic rings. The summed E-state index contributed by atoms with van der Waals surface area (Å²) in [5.41, 5.74) is 1.12. The van der Waals surface area contributed by atoms with E-state index in [-0.39, 0.29) is 12.5 Å². The normalized spacial score (nSPS) is 12.3. The molecule has 3 nitrogen and oxygen atoms in total. The Balaban J connectivity index is 1.83. The molecule has 2 aromatic heterocycles. The summed E-state index contributed by atoms with van der Waals surface area (Å²) in [5.74, 6) is 0.322. The average Bonchev–Trinajstić information content (AvgIpc) is 3.08. The van der Waals surface area contributed by atoms with Gasteiger partial charge in [0.2, 0.25) is 0 Å². The molecule has 2 N–H and O–H groups in total. The first kappa shape index (κ1) is 15.2. The molecule has 108 valence electrons. The fourth-order valence-corrected chi connectivity index (χ4v) is 3.82. The van der Waals surface area contributed by atoms with E-state index in [9.17, 15) is 4.79 Å². The van der Waals surface area contributed by atoms with E-state index in [1.165, 1.54) is 16.2 Å². The molecule has 0 spiro atoms. The molecule has 0 radical (unpaired) electrons. The second-order valence-corrected chi connectivity index (χ2v) is 6.65. The molecule has 2 rings (SSSR count). The molecule has 20 heavy (non-hydrogen) atoms. The van der Waals surface area contributed by atoms with Gasteiger partial charge in [0.15, 0.2) is 0 Å². The van der Waals surface area contributed by atoms with E-state index in [4.69, 9.17) is 5.11 Å². The SMILES string of the molecule is Cc1csc(C(=O)NCCC(CCO)c2cccs2)c1. The minimum atomic E-state index is -0.00275. The van der Waals surface area contributed by atoms with Crippen LogP contribution in [0.4, 0.5) is 0 Å². The summed E-state index contributed by atoms with van der Waals surface area (Å²) in [4.78, 5) is 14.0. The van der Waals surface area contributed by atoms with Crippen molar-refractivity contribution in [2.45, 2.75) is 25.7 Å². The Morgan fingerprint density at radius 1 is 1.40 bits per heavy atom. The third-order valence-electron chi connectivity index (χ3n) is 3.16. The van der Waals surface area contributed by atoms with Gasteiger partial charge < -0.3 is 10.4 Å². The van der Waals surface area contributed by atoms with Gasteiger partial charge in [0, 0.05) is 18.0 Å². The monoisotopic (exact) mass is 309 g/mol. The van der Waals surface area contributed by atoms with E-state index in [0.29, 0.717) is 12.5 Å². The summed E-state index contributed by atoms with van der Waals surface area (Å²) in [6.45, 7) is 2.81. The highest BCUT2D eigenvalue weighted by Gasteiger charge is 2.13. The smallest absolute Gasteiger partial charge is 0.261 e. The van der Waals surface area contributed by atoms with Crippen molar-refractivity contribution in [2.24, 2.45) is 0 Å². The van der Waals surface area contributed by atoms with Crippen molar-refractivity contribution >= 4 is 28.6 Å². The van der Waals surface area contributed by atoms with Gasteiger partial charge >= 0.3 is 0 Å². The molecule has 0 bridgehead atoms. The number of carbonyl (C=O) groups excluding carboxylic acids is 1. The minimum absolute atomic E-state index is 0.00275. The predicted molar refractivity (Wildman–Crippen MR) is 84.8 cm³/mol. The van der Waals surface area contributed by atoms with Gasteiger partial charge in [-0.2, -0.15) is 0 Å². The van der Waals surface area contributed by atoms with Gasteiger partial charge in [-0.1, -0.05) is 6.07 Å². The van der Waals surface area contributed by atoms with Crippen molar-refractivity contribution in [1.82, 2.24) is 5.32 Å². The molecule has 0 aliphatic rings. The van der Waals surface area contributed by atoms with Crippen molar-refractivity contribution < 1.29 is 9.90 Å². The number of aryl methyl sites for hydroxylation is 1. The van der Waals surface area contributed by atoms with Crippen molar-refractivity contribution in [3.63, 3.8) is 0 Å². The van der Waals surface area contributed by atoms with E-state index < -0.39 is 0 Å². The zero-order chi connectivity index (χ0) is 14.4. The number of nitrogens with one attached hydrogen (secondary N) is 1. The van der Waals surface area contributed by atoms with E-state index in [1.807, 2.05) is 29.8 Å². The first-order chi connectivity index (χ1) is 9.70. The fraction of sp³-hybridized carbons (Fsp3) is 0.400. The molecule has 0 aliphatic carbocycles. The van der Waals surface area contributed by atoms with Crippen molar-refractivity contribution in [1.29, 1.82) is 0 Å². The highest BCUT2D eigenvalue weighted by molar-refractivity contribution is 7.12. The number of rotatable bonds is 7. The van der Waals surface area contributed by atoms with E-state index in [0.717, 1.165) is 23.3 Å². The molecular formula is C15H19NO2S2. The minimum Gasteiger partial charge on any atom is -0.396 e. The number of hydrogen-bond donors (Lipinski definition) is 2. The first-order valence-corrected chi connectivity index (χ1v) is 8.44. The maximum Gasteiger partial charge on any atom is 0.261 e. The van der Waals surface area contributed by atoms with Crippen LogP contribution in [0.25, 0.3) is 0 Å². The quantitative estimate of drug-likeness (QED) is 0.823. The summed E-state index contributed by atoms with van der Waals surface area (Å²) in [6, 6.07) is 6.03. The van der Waals surface area contributed by atoms with Crippen LogP contribution >= 0.6 is 22.7 Å². The largest absolute Gasteiger partial charge is 0.396 e. The molecule has 1 amide bonds. The van der Waals surface area contributed by atoms with Gasteiger partial charge in [-0.05, 0) is 54.1 Å². The zero-order valence-electron chi connectivity index (χ0n) is 11.5. The van der Waals surface area contributed by atoms with Crippen LogP contribution in [0.3, 0.4) is 0 Å². The maximum atomic E-state index is 11.9. The Morgan fingerprint density at radius 3 is 2.85 bits per heavy atom. The van der Waals surface area contributed by atoms with E-state index in [1.54, 1.807) is 11.3 Å². The molecule has 0 saturated carbocycles. The molecule has 0 aliphatic heterocycles. The third-order valence-corrected chi connectivity index (χ3v) is 5.24. The zero-order valence-corrected chi connectivity index (χ0v) is 13.1. The maximum absolute atomic E-state index is 11.9. The fourth-order valence-electron chi connectivity index (χ4n) is 2.11. The number of amides is 1.